The Morgan fingerprint density at radius 3 is 2.93 bits per heavy atom. The van der Waals surface area contributed by atoms with E-state index in [9.17, 15) is 12.8 Å². The first kappa shape index (κ1) is 10.7. The molecule has 15 heavy (non-hydrogen) atoms. The zero-order chi connectivity index (χ0) is 11.1. The van der Waals surface area contributed by atoms with E-state index in [0.717, 1.165) is 0 Å². The zero-order valence-corrected chi connectivity index (χ0v) is 9.15. The molecular formula is C8H8ClFN2O2S. The lowest BCUT2D eigenvalue weighted by molar-refractivity contribution is 0.462. The predicted octanol–water partition coefficient (Wildman–Crippen LogP) is 1.32. The van der Waals surface area contributed by atoms with Gasteiger partial charge in [-0.05, 0) is 18.2 Å². The number of halogens is 2. The monoisotopic (exact) mass is 250 g/mol. The predicted molar refractivity (Wildman–Crippen MR) is 55.1 cm³/mol. The van der Waals surface area contributed by atoms with E-state index in [0.29, 0.717) is 10.7 Å². The maximum Gasteiger partial charge on any atom is 0.244 e. The van der Waals surface area contributed by atoms with Gasteiger partial charge in [0.05, 0.1) is 12.4 Å². The topological polar surface area (TPSA) is 49.4 Å². The minimum absolute atomic E-state index is 0.0129. The van der Waals surface area contributed by atoms with Gasteiger partial charge in [0.25, 0.3) is 0 Å². The van der Waals surface area contributed by atoms with Crippen molar-refractivity contribution in [2.24, 2.45) is 0 Å². The van der Waals surface area contributed by atoms with E-state index in [2.05, 4.69) is 4.72 Å². The van der Waals surface area contributed by atoms with Crippen LogP contribution in [0.4, 0.5) is 10.1 Å². The molecule has 0 amide bonds. The van der Waals surface area contributed by atoms with E-state index in [1.165, 1.54) is 23.1 Å². The summed E-state index contributed by atoms with van der Waals surface area (Å²) in [7, 11) is -3.55. The van der Waals surface area contributed by atoms with Crippen molar-refractivity contribution in [2.75, 3.05) is 18.4 Å². The number of nitrogens with one attached hydrogen (secondary N) is 1. The second kappa shape index (κ2) is 3.62. The third-order valence-electron chi connectivity index (χ3n) is 2.14. The van der Waals surface area contributed by atoms with E-state index in [-0.39, 0.29) is 11.6 Å². The van der Waals surface area contributed by atoms with E-state index >= 15 is 0 Å². The van der Waals surface area contributed by atoms with Crippen LogP contribution in [0.3, 0.4) is 0 Å². The van der Waals surface area contributed by atoms with Gasteiger partial charge in [-0.3, -0.25) is 0 Å². The van der Waals surface area contributed by atoms with Crippen LogP contribution >= 0.6 is 11.6 Å². The molecular weight excluding hydrogens is 243 g/mol. The molecule has 0 atom stereocenters. The molecule has 7 heteroatoms. The van der Waals surface area contributed by atoms with Gasteiger partial charge in [0, 0.05) is 5.02 Å². The molecule has 0 radical (unpaired) electrons. The molecule has 0 unspecified atom stereocenters. The maximum absolute atomic E-state index is 12.6. The van der Waals surface area contributed by atoms with Crippen molar-refractivity contribution < 1.29 is 12.8 Å². The van der Waals surface area contributed by atoms with Gasteiger partial charge in [-0.2, -0.15) is 4.72 Å². The number of hydrogen-bond donors (Lipinski definition) is 1. The van der Waals surface area contributed by atoms with E-state index in [1.54, 1.807) is 0 Å². The fourth-order valence-corrected chi connectivity index (χ4v) is 2.87. The molecule has 1 aromatic rings. The van der Waals surface area contributed by atoms with Crippen LogP contribution in [0.2, 0.25) is 5.02 Å². The van der Waals surface area contributed by atoms with Gasteiger partial charge in [-0.25, -0.2) is 12.8 Å². The summed E-state index contributed by atoms with van der Waals surface area (Å²) in [6, 6.07) is 4.33. The molecule has 1 aliphatic heterocycles. The standard InChI is InChI=1S/C8H8ClFN2O2S/c9-6-1-2-7-8(3-6)15(13,14)11-5-12(7)4-10/h1-3,11H,4-5H2. The average molecular weight is 251 g/mol. The Labute approximate surface area is 91.7 Å². The summed E-state index contributed by atoms with van der Waals surface area (Å²) >= 11 is 5.69. The Bertz CT molecular complexity index is 491. The van der Waals surface area contributed by atoms with E-state index in [4.69, 9.17) is 11.6 Å². The fraction of sp³-hybridized carbons (Fsp3) is 0.250. The largest absolute Gasteiger partial charge is 0.329 e. The first-order valence-electron chi connectivity index (χ1n) is 4.15. The minimum Gasteiger partial charge on any atom is -0.329 e. The highest BCUT2D eigenvalue weighted by Crippen LogP contribution is 2.30. The maximum atomic E-state index is 12.6. The number of hydrogen-bond acceptors (Lipinski definition) is 3. The molecule has 1 N–H and O–H groups in total. The summed E-state index contributed by atoms with van der Waals surface area (Å²) in [4.78, 5) is 1.28. The highest BCUT2D eigenvalue weighted by molar-refractivity contribution is 7.89. The number of sulfonamides is 1. The number of alkyl halides is 1. The lowest BCUT2D eigenvalue weighted by Gasteiger charge is -2.28. The van der Waals surface area contributed by atoms with Crippen molar-refractivity contribution in [1.82, 2.24) is 4.72 Å². The Kier molecular flexibility index (Phi) is 2.57. The van der Waals surface area contributed by atoms with Crippen LogP contribution in [-0.2, 0) is 10.0 Å². The molecule has 1 aliphatic rings. The first-order valence-corrected chi connectivity index (χ1v) is 6.01. The summed E-state index contributed by atoms with van der Waals surface area (Å²) in [6.45, 7) is -0.815. The molecule has 2 rings (SSSR count). The van der Waals surface area contributed by atoms with Crippen LogP contribution in [0, 0.1) is 0 Å². The van der Waals surface area contributed by atoms with E-state index in [1.807, 2.05) is 0 Å². The highest BCUT2D eigenvalue weighted by Gasteiger charge is 2.27. The van der Waals surface area contributed by atoms with Crippen LogP contribution in [0.1, 0.15) is 0 Å². The van der Waals surface area contributed by atoms with Gasteiger partial charge in [0.15, 0.2) is 6.80 Å². The summed E-state index contributed by atoms with van der Waals surface area (Å²) < 4.78 is 37.9. The van der Waals surface area contributed by atoms with Gasteiger partial charge in [-0.1, -0.05) is 11.6 Å². The van der Waals surface area contributed by atoms with Crippen LogP contribution < -0.4 is 9.62 Å². The van der Waals surface area contributed by atoms with Crippen molar-refractivity contribution >= 4 is 27.3 Å². The summed E-state index contributed by atoms with van der Waals surface area (Å²) in [5.41, 5.74) is 0.334. The van der Waals surface area contributed by atoms with Crippen molar-refractivity contribution in [1.29, 1.82) is 0 Å². The van der Waals surface area contributed by atoms with Crippen molar-refractivity contribution in [2.45, 2.75) is 4.90 Å². The molecule has 0 bridgehead atoms. The SMILES string of the molecule is O=S1(=O)NCN(CF)c2ccc(Cl)cc21. The number of fused-ring (bicyclic) bond motifs is 1. The quantitative estimate of drug-likeness (QED) is 0.765. The van der Waals surface area contributed by atoms with Gasteiger partial charge in [-0.15, -0.1) is 0 Å². The Morgan fingerprint density at radius 1 is 1.53 bits per heavy atom. The smallest absolute Gasteiger partial charge is 0.244 e. The molecule has 1 aromatic carbocycles. The Morgan fingerprint density at radius 2 is 2.27 bits per heavy atom. The highest BCUT2D eigenvalue weighted by atomic mass is 35.5. The number of benzene rings is 1. The molecule has 0 spiro atoms. The van der Waals surface area contributed by atoms with Crippen LogP contribution in [-0.4, -0.2) is 21.9 Å². The molecule has 82 valence electrons. The van der Waals surface area contributed by atoms with Crippen LogP contribution in [0.25, 0.3) is 0 Å². The summed E-state index contributed by atoms with van der Waals surface area (Å²) in [5, 5.41) is 0.305. The Hall–Kier alpha value is -0.850. The molecule has 0 fully saturated rings. The van der Waals surface area contributed by atoms with Crippen molar-refractivity contribution in [3.63, 3.8) is 0 Å². The average Bonchev–Trinajstić information content (AvgIpc) is 2.19. The van der Waals surface area contributed by atoms with Crippen molar-refractivity contribution in [3.8, 4) is 0 Å². The van der Waals surface area contributed by atoms with Gasteiger partial charge in [0.1, 0.15) is 4.90 Å². The molecule has 0 saturated carbocycles. The number of rotatable bonds is 1. The molecule has 0 aliphatic carbocycles. The van der Waals surface area contributed by atoms with Gasteiger partial charge < -0.3 is 4.90 Å². The molecule has 1 heterocycles. The second-order valence-corrected chi connectivity index (χ2v) is 5.25. The van der Waals surface area contributed by atoms with Crippen molar-refractivity contribution in [3.05, 3.63) is 23.2 Å². The lowest BCUT2D eigenvalue weighted by atomic mass is 10.3. The third-order valence-corrected chi connectivity index (χ3v) is 3.79. The number of nitrogens with zero attached hydrogens (tertiary/aromatic N) is 1. The minimum atomic E-state index is -3.55. The van der Waals surface area contributed by atoms with Gasteiger partial charge in [0.2, 0.25) is 10.0 Å². The fourth-order valence-electron chi connectivity index (χ4n) is 1.40. The molecule has 4 nitrogen and oxygen atoms in total. The summed E-state index contributed by atoms with van der Waals surface area (Å²) in [5.74, 6) is 0. The molecule has 0 aromatic heterocycles. The zero-order valence-electron chi connectivity index (χ0n) is 7.57. The summed E-state index contributed by atoms with van der Waals surface area (Å²) in [6.07, 6.45) is 0. The van der Waals surface area contributed by atoms with Crippen LogP contribution in [0.5, 0.6) is 0 Å². The first-order chi connectivity index (χ1) is 7.04. The third kappa shape index (κ3) is 1.80. The molecule has 0 saturated heterocycles. The Balaban J connectivity index is 2.64. The van der Waals surface area contributed by atoms with Gasteiger partial charge >= 0.3 is 0 Å². The number of anilines is 1. The normalized spacial score (nSPS) is 18.7. The van der Waals surface area contributed by atoms with Crippen LogP contribution in [0.15, 0.2) is 23.1 Å². The second-order valence-electron chi connectivity index (χ2n) is 3.08. The lowest BCUT2D eigenvalue weighted by Crippen LogP contribution is -2.42. The van der Waals surface area contributed by atoms with E-state index < -0.39 is 16.8 Å².